The second kappa shape index (κ2) is 8.11. The molecule has 7 heteroatoms. The molecule has 0 bridgehead atoms. The van der Waals surface area contributed by atoms with Crippen LogP contribution in [0.5, 0.6) is 5.75 Å². The Labute approximate surface area is 157 Å². The Balaban J connectivity index is 1.60. The number of azo groups is 1. The van der Waals surface area contributed by atoms with Gasteiger partial charge in [0.1, 0.15) is 22.5 Å². The minimum absolute atomic E-state index is 0.295. The summed E-state index contributed by atoms with van der Waals surface area (Å²) in [5, 5.41) is 8.10. The van der Waals surface area contributed by atoms with E-state index in [4.69, 9.17) is 4.74 Å². The van der Waals surface area contributed by atoms with Gasteiger partial charge in [-0.3, -0.25) is 0 Å². The van der Waals surface area contributed by atoms with Crippen molar-refractivity contribution in [3.63, 3.8) is 0 Å². The summed E-state index contributed by atoms with van der Waals surface area (Å²) in [7, 11) is -4.46. The number of benzene rings is 3. The van der Waals surface area contributed by atoms with Gasteiger partial charge in [-0.15, -0.1) is 0 Å². The molecule has 0 N–H and O–H groups in total. The van der Waals surface area contributed by atoms with Gasteiger partial charge in [-0.05, 0) is 61.0 Å². The lowest BCUT2D eigenvalue weighted by atomic mass is 10.2. The van der Waals surface area contributed by atoms with Gasteiger partial charge in [0.25, 0.3) is 0 Å². The van der Waals surface area contributed by atoms with Crippen LogP contribution < -0.4 is 4.74 Å². The second-order valence-corrected chi connectivity index (χ2v) is 7.30. The number of rotatable bonds is 6. The number of hydrogen-bond donors (Lipinski definition) is 0. The van der Waals surface area contributed by atoms with Crippen molar-refractivity contribution in [2.24, 2.45) is 10.2 Å². The summed E-state index contributed by atoms with van der Waals surface area (Å²) in [4.78, 5) is -0.295. The Bertz CT molecular complexity index is 1030. The first kappa shape index (κ1) is 18.8. The molecular weight excluding hydrogens is 364 g/mol. The van der Waals surface area contributed by atoms with Crippen LogP contribution in [-0.4, -0.2) is 13.0 Å². The van der Waals surface area contributed by atoms with Gasteiger partial charge in [-0.2, -0.15) is 10.2 Å². The lowest BCUT2D eigenvalue weighted by Gasteiger charge is -2.07. The molecule has 0 fully saturated rings. The maximum Gasteiger partial charge on any atom is 0.124 e. The largest absolute Gasteiger partial charge is 0.744 e. The van der Waals surface area contributed by atoms with Crippen molar-refractivity contribution in [1.29, 1.82) is 0 Å². The van der Waals surface area contributed by atoms with Gasteiger partial charge >= 0.3 is 0 Å². The molecule has 0 aromatic heterocycles. The van der Waals surface area contributed by atoms with Gasteiger partial charge in [-0.25, -0.2) is 8.42 Å². The summed E-state index contributed by atoms with van der Waals surface area (Å²) in [6, 6.07) is 20.5. The average molecular weight is 381 g/mol. The fourth-order valence-corrected chi connectivity index (χ4v) is 2.72. The lowest BCUT2D eigenvalue weighted by molar-refractivity contribution is 0.306. The molecule has 3 aromatic carbocycles. The third-order valence-electron chi connectivity index (χ3n) is 3.77. The number of ether oxygens (including phenoxy) is 1. The molecule has 0 spiro atoms. The summed E-state index contributed by atoms with van der Waals surface area (Å²) >= 11 is 0. The molecule has 0 amide bonds. The van der Waals surface area contributed by atoms with Crippen molar-refractivity contribution < 1.29 is 17.7 Å². The third kappa shape index (κ3) is 5.47. The van der Waals surface area contributed by atoms with E-state index in [9.17, 15) is 13.0 Å². The molecule has 0 saturated heterocycles. The maximum atomic E-state index is 10.9. The average Bonchev–Trinajstić information content (AvgIpc) is 2.66. The number of aryl methyl sites for hydroxylation is 1. The van der Waals surface area contributed by atoms with E-state index < -0.39 is 10.1 Å². The van der Waals surface area contributed by atoms with Crippen LogP contribution in [0, 0.1) is 6.92 Å². The molecule has 6 nitrogen and oxygen atoms in total. The van der Waals surface area contributed by atoms with E-state index in [1.165, 1.54) is 29.8 Å². The van der Waals surface area contributed by atoms with Gasteiger partial charge in [0.05, 0.1) is 16.3 Å². The van der Waals surface area contributed by atoms with Crippen molar-refractivity contribution in [2.45, 2.75) is 18.4 Å². The summed E-state index contributed by atoms with van der Waals surface area (Å²) in [5.41, 5.74) is 3.37. The van der Waals surface area contributed by atoms with E-state index in [0.29, 0.717) is 18.0 Å². The standard InChI is InChI=1S/C20H18N2O4S/c1-15-2-4-16(5-3-15)14-26-19-10-6-17(7-11-19)21-22-18-8-12-20(13-9-18)27(23,24)25/h2-13H,14H2,1H3,(H,23,24,25)/p-1. The second-order valence-electron chi connectivity index (χ2n) is 5.92. The minimum Gasteiger partial charge on any atom is -0.744 e. The Morgan fingerprint density at radius 1 is 0.815 bits per heavy atom. The molecule has 0 saturated carbocycles. The first-order valence-corrected chi connectivity index (χ1v) is 9.57. The van der Waals surface area contributed by atoms with Crippen LogP contribution in [-0.2, 0) is 16.7 Å². The highest BCUT2D eigenvalue weighted by molar-refractivity contribution is 7.85. The van der Waals surface area contributed by atoms with Gasteiger partial charge in [-0.1, -0.05) is 29.8 Å². The summed E-state index contributed by atoms with van der Waals surface area (Å²) in [5.74, 6) is 0.722. The summed E-state index contributed by atoms with van der Waals surface area (Å²) in [6.07, 6.45) is 0. The first-order chi connectivity index (χ1) is 12.9. The lowest BCUT2D eigenvalue weighted by Crippen LogP contribution is -1.97. The Morgan fingerprint density at radius 3 is 1.85 bits per heavy atom. The quantitative estimate of drug-likeness (QED) is 0.449. The van der Waals surface area contributed by atoms with Crippen molar-refractivity contribution >= 4 is 21.5 Å². The van der Waals surface area contributed by atoms with E-state index in [1.54, 1.807) is 24.3 Å². The predicted molar refractivity (Wildman–Crippen MR) is 101 cm³/mol. The Morgan fingerprint density at radius 2 is 1.33 bits per heavy atom. The molecule has 3 aromatic rings. The fourth-order valence-electron chi connectivity index (χ4n) is 2.25. The summed E-state index contributed by atoms with van der Waals surface area (Å²) < 4.78 is 38.4. The highest BCUT2D eigenvalue weighted by Gasteiger charge is 2.01. The highest BCUT2D eigenvalue weighted by atomic mass is 32.2. The predicted octanol–water partition coefficient (Wildman–Crippen LogP) is 4.89. The van der Waals surface area contributed by atoms with Crippen molar-refractivity contribution in [1.82, 2.24) is 0 Å². The van der Waals surface area contributed by atoms with E-state index in [2.05, 4.69) is 10.2 Å². The molecule has 27 heavy (non-hydrogen) atoms. The molecular formula is C20H17N2O4S-. The van der Waals surface area contributed by atoms with Crippen LogP contribution in [0.4, 0.5) is 11.4 Å². The van der Waals surface area contributed by atoms with Gasteiger partial charge in [0.15, 0.2) is 0 Å². The Kier molecular flexibility index (Phi) is 5.63. The smallest absolute Gasteiger partial charge is 0.124 e. The zero-order valence-electron chi connectivity index (χ0n) is 14.6. The molecule has 0 aliphatic heterocycles. The SMILES string of the molecule is Cc1ccc(COc2ccc(N=Nc3ccc(S(=O)(=O)[O-])cc3)cc2)cc1. The van der Waals surface area contributed by atoms with Gasteiger partial charge < -0.3 is 9.29 Å². The molecule has 3 rings (SSSR count). The van der Waals surface area contributed by atoms with Gasteiger partial charge in [0, 0.05) is 0 Å². The number of hydrogen-bond acceptors (Lipinski definition) is 6. The molecule has 0 atom stereocenters. The van der Waals surface area contributed by atoms with Gasteiger partial charge in [0.2, 0.25) is 0 Å². The zero-order valence-corrected chi connectivity index (χ0v) is 15.4. The van der Waals surface area contributed by atoms with E-state index in [1.807, 2.05) is 31.2 Å². The Hall–Kier alpha value is -3.03. The fraction of sp³-hybridized carbons (Fsp3) is 0.100. The number of nitrogens with zero attached hydrogens (tertiary/aromatic N) is 2. The summed E-state index contributed by atoms with van der Waals surface area (Å²) in [6.45, 7) is 2.52. The molecule has 0 heterocycles. The molecule has 0 radical (unpaired) electrons. The molecule has 138 valence electrons. The van der Waals surface area contributed by atoms with Crippen LogP contribution in [0.15, 0.2) is 87.9 Å². The topological polar surface area (TPSA) is 91.2 Å². The zero-order chi connectivity index (χ0) is 19.3. The molecule has 0 aliphatic rings. The van der Waals surface area contributed by atoms with Crippen molar-refractivity contribution in [3.05, 3.63) is 83.9 Å². The highest BCUT2D eigenvalue weighted by Crippen LogP contribution is 2.23. The van der Waals surface area contributed by atoms with Crippen molar-refractivity contribution in [2.75, 3.05) is 0 Å². The molecule has 0 aliphatic carbocycles. The van der Waals surface area contributed by atoms with Crippen LogP contribution in [0.3, 0.4) is 0 Å². The third-order valence-corrected chi connectivity index (χ3v) is 4.62. The normalized spacial score (nSPS) is 11.6. The van der Waals surface area contributed by atoms with Crippen LogP contribution in [0.1, 0.15) is 11.1 Å². The van der Waals surface area contributed by atoms with Crippen LogP contribution in [0.2, 0.25) is 0 Å². The molecule has 0 unspecified atom stereocenters. The van der Waals surface area contributed by atoms with Crippen LogP contribution in [0.25, 0.3) is 0 Å². The van der Waals surface area contributed by atoms with Crippen molar-refractivity contribution in [3.8, 4) is 5.75 Å². The first-order valence-electron chi connectivity index (χ1n) is 8.16. The van der Waals surface area contributed by atoms with E-state index >= 15 is 0 Å². The van der Waals surface area contributed by atoms with E-state index in [-0.39, 0.29) is 4.90 Å². The maximum absolute atomic E-state index is 10.9. The van der Waals surface area contributed by atoms with Crippen LogP contribution >= 0.6 is 0 Å². The van der Waals surface area contributed by atoms with E-state index in [0.717, 1.165) is 11.3 Å². The monoisotopic (exact) mass is 381 g/mol. The minimum atomic E-state index is -4.46.